The first-order chi connectivity index (χ1) is 12.6. The highest BCUT2D eigenvalue weighted by molar-refractivity contribution is 5.82. The van der Waals surface area contributed by atoms with Gasteiger partial charge in [0, 0.05) is 26.1 Å². The average molecular weight is 357 g/mol. The first-order valence-corrected chi connectivity index (χ1v) is 9.97. The predicted molar refractivity (Wildman–Crippen MR) is 103 cm³/mol. The highest BCUT2D eigenvalue weighted by Crippen LogP contribution is 2.18. The Morgan fingerprint density at radius 2 is 2.08 bits per heavy atom. The number of benzene rings is 1. The molecule has 2 atom stereocenters. The van der Waals surface area contributed by atoms with Gasteiger partial charge < -0.3 is 15.5 Å². The maximum Gasteiger partial charge on any atom is 0.237 e. The largest absolute Gasteiger partial charge is 0.354 e. The number of carbonyl (C=O) groups is 2. The molecule has 2 amide bonds. The lowest BCUT2D eigenvalue weighted by atomic mass is 9.97. The van der Waals surface area contributed by atoms with Crippen LogP contribution in [0.15, 0.2) is 24.3 Å². The second kappa shape index (κ2) is 9.17. The SMILES string of the molecule is Cc1ccccc1CCC(=O)N1CCCC(CNC(=O)C2CCCN2)C1. The molecule has 5 heteroatoms. The van der Waals surface area contributed by atoms with Gasteiger partial charge in [0.15, 0.2) is 0 Å². The van der Waals surface area contributed by atoms with Crippen LogP contribution in [0.2, 0.25) is 0 Å². The first kappa shape index (κ1) is 18.9. The maximum atomic E-state index is 12.6. The summed E-state index contributed by atoms with van der Waals surface area (Å²) in [6, 6.07) is 8.24. The molecule has 0 bridgehead atoms. The van der Waals surface area contributed by atoms with E-state index in [4.69, 9.17) is 0 Å². The van der Waals surface area contributed by atoms with Crippen molar-refractivity contribution >= 4 is 11.8 Å². The molecule has 1 aromatic carbocycles. The monoisotopic (exact) mass is 357 g/mol. The minimum Gasteiger partial charge on any atom is -0.354 e. The summed E-state index contributed by atoms with van der Waals surface area (Å²) in [6.07, 6.45) is 5.48. The number of piperidine rings is 1. The normalized spacial score (nSPS) is 23.0. The Morgan fingerprint density at radius 1 is 1.23 bits per heavy atom. The molecule has 2 N–H and O–H groups in total. The van der Waals surface area contributed by atoms with E-state index in [1.807, 2.05) is 17.0 Å². The van der Waals surface area contributed by atoms with Gasteiger partial charge in [0.05, 0.1) is 6.04 Å². The zero-order valence-electron chi connectivity index (χ0n) is 15.8. The van der Waals surface area contributed by atoms with Gasteiger partial charge in [-0.25, -0.2) is 0 Å². The zero-order chi connectivity index (χ0) is 18.4. The van der Waals surface area contributed by atoms with Gasteiger partial charge in [0.2, 0.25) is 11.8 Å². The van der Waals surface area contributed by atoms with Gasteiger partial charge >= 0.3 is 0 Å². The Labute approximate surface area is 156 Å². The second-order valence-electron chi connectivity index (χ2n) is 7.67. The molecule has 2 fully saturated rings. The maximum absolute atomic E-state index is 12.6. The second-order valence-corrected chi connectivity index (χ2v) is 7.67. The number of hydrogen-bond donors (Lipinski definition) is 2. The topological polar surface area (TPSA) is 61.4 Å². The molecule has 26 heavy (non-hydrogen) atoms. The molecule has 142 valence electrons. The van der Waals surface area contributed by atoms with E-state index in [-0.39, 0.29) is 17.9 Å². The van der Waals surface area contributed by atoms with Gasteiger partial charge in [-0.15, -0.1) is 0 Å². The summed E-state index contributed by atoms with van der Waals surface area (Å²) >= 11 is 0. The van der Waals surface area contributed by atoms with Crippen molar-refractivity contribution in [3.63, 3.8) is 0 Å². The molecule has 2 aliphatic heterocycles. The van der Waals surface area contributed by atoms with Gasteiger partial charge in [-0.3, -0.25) is 9.59 Å². The van der Waals surface area contributed by atoms with Crippen LogP contribution in [0.3, 0.4) is 0 Å². The smallest absolute Gasteiger partial charge is 0.237 e. The summed E-state index contributed by atoms with van der Waals surface area (Å²) < 4.78 is 0. The van der Waals surface area contributed by atoms with Crippen LogP contribution in [-0.2, 0) is 16.0 Å². The molecule has 1 aromatic rings. The van der Waals surface area contributed by atoms with Crippen LogP contribution < -0.4 is 10.6 Å². The van der Waals surface area contributed by atoms with E-state index < -0.39 is 0 Å². The standard InChI is InChI=1S/C21H31N3O2/c1-16-6-2-3-8-18(16)10-11-20(25)24-13-5-7-17(15-24)14-23-21(26)19-9-4-12-22-19/h2-3,6,8,17,19,22H,4-5,7,9-15H2,1H3,(H,23,26). The highest BCUT2D eigenvalue weighted by atomic mass is 16.2. The Hall–Kier alpha value is -1.88. The average Bonchev–Trinajstić information content (AvgIpc) is 3.20. The van der Waals surface area contributed by atoms with E-state index in [1.165, 1.54) is 11.1 Å². The quantitative estimate of drug-likeness (QED) is 0.819. The molecule has 0 spiro atoms. The number of carbonyl (C=O) groups excluding carboxylic acids is 2. The van der Waals surface area contributed by atoms with Crippen molar-refractivity contribution in [1.29, 1.82) is 0 Å². The molecular formula is C21H31N3O2. The van der Waals surface area contributed by atoms with E-state index in [0.29, 0.717) is 18.9 Å². The number of nitrogens with one attached hydrogen (secondary N) is 2. The summed E-state index contributed by atoms with van der Waals surface area (Å²) in [7, 11) is 0. The van der Waals surface area contributed by atoms with Crippen LogP contribution >= 0.6 is 0 Å². The van der Waals surface area contributed by atoms with E-state index in [2.05, 4.69) is 29.7 Å². The molecule has 0 radical (unpaired) electrons. The predicted octanol–water partition coefficient (Wildman–Crippen LogP) is 2.03. The van der Waals surface area contributed by atoms with E-state index in [1.54, 1.807) is 0 Å². The van der Waals surface area contributed by atoms with Gasteiger partial charge in [-0.05, 0) is 62.6 Å². The Kier molecular flexibility index (Phi) is 6.67. The third-order valence-electron chi connectivity index (χ3n) is 5.68. The van der Waals surface area contributed by atoms with Gasteiger partial charge in [0.1, 0.15) is 0 Å². The Balaban J connectivity index is 1.43. The van der Waals surface area contributed by atoms with E-state index in [0.717, 1.165) is 51.7 Å². The van der Waals surface area contributed by atoms with E-state index in [9.17, 15) is 9.59 Å². The Morgan fingerprint density at radius 3 is 2.85 bits per heavy atom. The summed E-state index contributed by atoms with van der Waals surface area (Å²) in [4.78, 5) is 26.7. The summed E-state index contributed by atoms with van der Waals surface area (Å²) in [6.45, 7) is 5.33. The fourth-order valence-corrected chi connectivity index (χ4v) is 4.02. The highest BCUT2D eigenvalue weighted by Gasteiger charge is 2.26. The molecule has 0 aliphatic carbocycles. The van der Waals surface area contributed by atoms with Crippen molar-refractivity contribution in [2.24, 2.45) is 5.92 Å². The summed E-state index contributed by atoms with van der Waals surface area (Å²) in [5.41, 5.74) is 2.51. The third-order valence-corrected chi connectivity index (χ3v) is 5.68. The molecule has 0 aromatic heterocycles. The van der Waals surface area contributed by atoms with Gasteiger partial charge in [-0.2, -0.15) is 0 Å². The summed E-state index contributed by atoms with van der Waals surface area (Å²) in [5.74, 6) is 0.726. The lowest BCUT2D eigenvalue weighted by Crippen LogP contribution is -2.46. The van der Waals surface area contributed by atoms with Crippen LogP contribution in [0.1, 0.15) is 43.2 Å². The molecule has 2 unspecified atom stereocenters. The lowest BCUT2D eigenvalue weighted by Gasteiger charge is -2.33. The molecule has 3 rings (SSSR count). The molecule has 2 saturated heterocycles. The van der Waals surface area contributed by atoms with Crippen LogP contribution in [0, 0.1) is 12.8 Å². The number of rotatable bonds is 6. The number of aryl methyl sites for hydroxylation is 2. The van der Waals surface area contributed by atoms with Crippen LogP contribution in [0.4, 0.5) is 0 Å². The van der Waals surface area contributed by atoms with Crippen molar-refractivity contribution in [3.05, 3.63) is 35.4 Å². The number of nitrogens with zero attached hydrogens (tertiary/aromatic N) is 1. The molecule has 5 nitrogen and oxygen atoms in total. The Bertz CT molecular complexity index is 625. The minimum atomic E-state index is -0.0227. The molecule has 0 saturated carbocycles. The molecular weight excluding hydrogens is 326 g/mol. The van der Waals surface area contributed by atoms with Crippen LogP contribution in [0.25, 0.3) is 0 Å². The fraction of sp³-hybridized carbons (Fsp3) is 0.619. The first-order valence-electron chi connectivity index (χ1n) is 9.97. The fourth-order valence-electron chi connectivity index (χ4n) is 4.02. The van der Waals surface area contributed by atoms with E-state index >= 15 is 0 Å². The lowest BCUT2D eigenvalue weighted by molar-refractivity contribution is -0.132. The number of hydrogen-bond acceptors (Lipinski definition) is 3. The van der Waals surface area contributed by atoms with Crippen LogP contribution in [-0.4, -0.2) is 48.9 Å². The van der Waals surface area contributed by atoms with Crippen molar-refractivity contribution in [2.75, 3.05) is 26.2 Å². The van der Waals surface area contributed by atoms with Gasteiger partial charge in [0.25, 0.3) is 0 Å². The van der Waals surface area contributed by atoms with Crippen molar-refractivity contribution in [3.8, 4) is 0 Å². The minimum absolute atomic E-state index is 0.0227. The molecule has 2 aliphatic rings. The number of likely N-dealkylation sites (tertiary alicyclic amines) is 1. The summed E-state index contributed by atoms with van der Waals surface area (Å²) in [5, 5.41) is 6.31. The van der Waals surface area contributed by atoms with Gasteiger partial charge in [-0.1, -0.05) is 24.3 Å². The van der Waals surface area contributed by atoms with Crippen molar-refractivity contribution in [1.82, 2.24) is 15.5 Å². The van der Waals surface area contributed by atoms with Crippen LogP contribution in [0.5, 0.6) is 0 Å². The zero-order valence-corrected chi connectivity index (χ0v) is 15.8. The number of amides is 2. The third kappa shape index (κ3) is 5.07. The van der Waals surface area contributed by atoms with Crippen molar-refractivity contribution in [2.45, 2.75) is 51.5 Å². The molecule has 2 heterocycles. The van der Waals surface area contributed by atoms with Crippen molar-refractivity contribution < 1.29 is 9.59 Å².